The fourth-order valence-electron chi connectivity index (χ4n) is 4.26. The number of carbonyl (C=O) groups excluding carboxylic acids is 2. The van der Waals surface area contributed by atoms with Crippen molar-refractivity contribution in [3.8, 4) is 5.75 Å². The van der Waals surface area contributed by atoms with Crippen molar-refractivity contribution in [3.63, 3.8) is 0 Å². The second-order valence-corrected chi connectivity index (χ2v) is 9.85. The number of ether oxygens (including phenoxy) is 2. The molecule has 0 bridgehead atoms. The Hall–Kier alpha value is -3.52. The molecule has 2 atom stereocenters. The van der Waals surface area contributed by atoms with Gasteiger partial charge in [0.1, 0.15) is 12.4 Å². The lowest BCUT2D eigenvalue weighted by atomic mass is 9.93. The number of allylic oxidation sites excluding steroid dienone is 1. The Morgan fingerprint density at radius 1 is 1.14 bits per heavy atom. The van der Waals surface area contributed by atoms with Gasteiger partial charge in [0, 0.05) is 11.7 Å². The standard InChI is InChI=1S/C29H33N3O4S/c1-5-19(3)30-25(33)16-23-18-37-29-31-20(4)26(28(34)35-6-2)27(32(23)29)22-13-10-14-24(15-22)36-17-21-11-8-7-9-12-21/h7-15,18-19,27H,5-6,16-17H2,1-4H3,(H,30,33)/t19-,27+/m1/s1. The molecule has 0 aliphatic carbocycles. The predicted octanol–water partition coefficient (Wildman–Crippen LogP) is 5.71. The molecule has 2 aliphatic heterocycles. The van der Waals surface area contributed by atoms with Crippen molar-refractivity contribution in [2.75, 3.05) is 6.61 Å². The fourth-order valence-corrected chi connectivity index (χ4v) is 5.23. The number of rotatable bonds is 10. The van der Waals surface area contributed by atoms with Crippen molar-refractivity contribution in [2.24, 2.45) is 4.99 Å². The van der Waals surface area contributed by atoms with Crippen LogP contribution in [0.1, 0.15) is 57.7 Å². The molecule has 37 heavy (non-hydrogen) atoms. The van der Waals surface area contributed by atoms with Crippen LogP contribution in [-0.4, -0.2) is 34.6 Å². The Morgan fingerprint density at radius 2 is 1.92 bits per heavy atom. The molecule has 7 nitrogen and oxygen atoms in total. The molecule has 0 spiro atoms. The molecule has 2 aliphatic rings. The summed E-state index contributed by atoms with van der Waals surface area (Å²) < 4.78 is 11.5. The number of nitrogens with zero attached hydrogens (tertiary/aromatic N) is 2. The van der Waals surface area contributed by atoms with Crippen LogP contribution < -0.4 is 10.1 Å². The number of hydrogen-bond acceptors (Lipinski definition) is 7. The first-order chi connectivity index (χ1) is 17.9. The molecule has 0 unspecified atom stereocenters. The van der Waals surface area contributed by atoms with E-state index in [-0.39, 0.29) is 25.0 Å². The minimum atomic E-state index is -0.496. The first-order valence-corrected chi connectivity index (χ1v) is 13.5. The number of nitrogens with one attached hydrogen (secondary N) is 1. The molecular weight excluding hydrogens is 486 g/mol. The maximum Gasteiger partial charge on any atom is 0.338 e. The van der Waals surface area contributed by atoms with Gasteiger partial charge < -0.3 is 19.7 Å². The zero-order valence-corrected chi connectivity index (χ0v) is 22.5. The summed E-state index contributed by atoms with van der Waals surface area (Å²) in [7, 11) is 0. The highest BCUT2D eigenvalue weighted by Gasteiger charge is 2.41. The number of benzene rings is 2. The van der Waals surface area contributed by atoms with E-state index in [4.69, 9.17) is 14.5 Å². The zero-order chi connectivity index (χ0) is 26.4. The van der Waals surface area contributed by atoms with E-state index in [9.17, 15) is 9.59 Å². The molecule has 0 saturated carbocycles. The summed E-state index contributed by atoms with van der Waals surface area (Å²) >= 11 is 1.46. The van der Waals surface area contributed by atoms with Gasteiger partial charge in [0.2, 0.25) is 5.91 Å². The summed E-state index contributed by atoms with van der Waals surface area (Å²) in [6.45, 7) is 8.32. The van der Waals surface area contributed by atoms with Gasteiger partial charge in [0.15, 0.2) is 5.17 Å². The molecule has 0 aromatic heterocycles. The Kier molecular flexibility index (Phi) is 8.71. The highest BCUT2D eigenvalue weighted by atomic mass is 32.2. The lowest BCUT2D eigenvalue weighted by Gasteiger charge is -2.36. The number of esters is 1. The van der Waals surface area contributed by atoms with Crippen LogP contribution >= 0.6 is 11.8 Å². The van der Waals surface area contributed by atoms with Crippen LogP contribution in [0.3, 0.4) is 0 Å². The van der Waals surface area contributed by atoms with E-state index in [1.807, 2.05) is 85.7 Å². The molecular formula is C29H33N3O4S. The lowest BCUT2D eigenvalue weighted by Crippen LogP contribution is -2.39. The minimum Gasteiger partial charge on any atom is -0.489 e. The Balaban J connectivity index is 1.67. The van der Waals surface area contributed by atoms with Crippen molar-refractivity contribution in [3.05, 3.63) is 88.1 Å². The Labute approximate surface area is 222 Å². The van der Waals surface area contributed by atoms with E-state index < -0.39 is 12.0 Å². The highest BCUT2D eigenvalue weighted by Crippen LogP contribution is 2.45. The fraction of sp³-hybridized carbons (Fsp3) is 0.345. The van der Waals surface area contributed by atoms with E-state index in [0.717, 1.165) is 28.4 Å². The average Bonchev–Trinajstić information content (AvgIpc) is 3.28. The first kappa shape index (κ1) is 26.5. The van der Waals surface area contributed by atoms with Gasteiger partial charge in [-0.1, -0.05) is 61.2 Å². The van der Waals surface area contributed by atoms with Crippen LogP contribution in [0.4, 0.5) is 0 Å². The molecule has 2 aromatic rings. The topological polar surface area (TPSA) is 80.2 Å². The third-order valence-corrected chi connectivity index (χ3v) is 7.17. The van der Waals surface area contributed by atoms with Crippen LogP contribution in [0.5, 0.6) is 5.75 Å². The number of thioether (sulfide) groups is 1. The summed E-state index contributed by atoms with van der Waals surface area (Å²) in [4.78, 5) is 32.7. The highest BCUT2D eigenvalue weighted by molar-refractivity contribution is 8.16. The van der Waals surface area contributed by atoms with Gasteiger partial charge in [0.25, 0.3) is 0 Å². The van der Waals surface area contributed by atoms with Crippen molar-refractivity contribution in [1.29, 1.82) is 0 Å². The van der Waals surface area contributed by atoms with Crippen molar-refractivity contribution < 1.29 is 19.1 Å². The zero-order valence-electron chi connectivity index (χ0n) is 21.7. The normalized spacial score (nSPS) is 17.5. The van der Waals surface area contributed by atoms with Crippen LogP contribution in [0.2, 0.25) is 0 Å². The summed E-state index contributed by atoms with van der Waals surface area (Å²) in [6, 6.07) is 17.3. The molecule has 1 amide bonds. The van der Waals surface area contributed by atoms with E-state index in [0.29, 0.717) is 23.6 Å². The van der Waals surface area contributed by atoms with Crippen molar-refractivity contribution in [2.45, 2.75) is 59.2 Å². The largest absolute Gasteiger partial charge is 0.489 e. The van der Waals surface area contributed by atoms with Crippen molar-refractivity contribution >= 4 is 28.8 Å². The monoisotopic (exact) mass is 519 g/mol. The second-order valence-electron chi connectivity index (χ2n) is 9.01. The van der Waals surface area contributed by atoms with Gasteiger partial charge in [0.05, 0.1) is 30.3 Å². The van der Waals surface area contributed by atoms with Crippen LogP contribution in [0.15, 0.2) is 82.0 Å². The molecule has 2 aromatic carbocycles. The number of amidine groups is 1. The smallest absolute Gasteiger partial charge is 0.338 e. The van der Waals surface area contributed by atoms with Crippen LogP contribution in [0.25, 0.3) is 0 Å². The summed E-state index contributed by atoms with van der Waals surface area (Å²) in [5, 5.41) is 5.71. The number of fused-ring (bicyclic) bond motifs is 1. The minimum absolute atomic E-state index is 0.0647. The van der Waals surface area contributed by atoms with Gasteiger partial charge in [-0.3, -0.25) is 4.79 Å². The number of carbonyl (C=O) groups is 2. The summed E-state index contributed by atoms with van der Waals surface area (Å²) in [6.07, 6.45) is 1.04. The molecule has 0 fully saturated rings. The van der Waals surface area contributed by atoms with Gasteiger partial charge in [-0.05, 0) is 55.9 Å². The third-order valence-electron chi connectivity index (χ3n) is 6.28. The van der Waals surface area contributed by atoms with Crippen LogP contribution in [-0.2, 0) is 20.9 Å². The third kappa shape index (κ3) is 6.25. The second kappa shape index (κ2) is 12.1. The summed E-state index contributed by atoms with van der Waals surface area (Å²) in [5.74, 6) is 0.215. The molecule has 8 heteroatoms. The van der Waals surface area contributed by atoms with Gasteiger partial charge in [-0.25, -0.2) is 9.79 Å². The van der Waals surface area contributed by atoms with E-state index >= 15 is 0 Å². The SMILES string of the molecule is CCOC(=O)C1=C(C)N=C2SC=C(CC(=O)N[C@H](C)CC)N2[C@H]1c1cccc(OCc2ccccc2)c1. The molecule has 0 saturated heterocycles. The average molecular weight is 520 g/mol. The quantitative estimate of drug-likeness (QED) is 0.405. The molecule has 194 valence electrons. The maximum atomic E-state index is 13.2. The first-order valence-electron chi connectivity index (χ1n) is 12.6. The number of hydrogen-bond donors (Lipinski definition) is 1. The molecule has 4 rings (SSSR count). The number of aliphatic imine (C=N–C) groups is 1. The summed E-state index contributed by atoms with van der Waals surface area (Å²) in [5.41, 5.74) is 3.78. The van der Waals surface area contributed by atoms with Crippen molar-refractivity contribution in [1.82, 2.24) is 10.2 Å². The predicted molar refractivity (Wildman–Crippen MR) is 147 cm³/mol. The number of amides is 1. The Bertz CT molecular complexity index is 1240. The molecule has 1 N–H and O–H groups in total. The van der Waals surface area contributed by atoms with Gasteiger partial charge >= 0.3 is 5.97 Å². The molecule has 0 radical (unpaired) electrons. The van der Waals surface area contributed by atoms with Gasteiger partial charge in [-0.15, -0.1) is 0 Å². The van der Waals surface area contributed by atoms with E-state index in [1.54, 1.807) is 6.92 Å². The lowest BCUT2D eigenvalue weighted by molar-refractivity contribution is -0.139. The van der Waals surface area contributed by atoms with E-state index in [1.165, 1.54) is 11.8 Å². The van der Waals surface area contributed by atoms with E-state index in [2.05, 4.69) is 5.32 Å². The Morgan fingerprint density at radius 3 is 2.65 bits per heavy atom. The maximum absolute atomic E-state index is 13.2. The molecule has 2 heterocycles. The van der Waals surface area contributed by atoms with Gasteiger partial charge in [-0.2, -0.15) is 0 Å². The van der Waals surface area contributed by atoms with Crippen LogP contribution in [0, 0.1) is 0 Å².